The van der Waals surface area contributed by atoms with Gasteiger partial charge in [-0.05, 0) is 30.5 Å². The highest BCUT2D eigenvalue weighted by molar-refractivity contribution is 5.27. The molecule has 0 saturated heterocycles. The summed E-state index contributed by atoms with van der Waals surface area (Å²) in [6, 6.07) is 8.43. The summed E-state index contributed by atoms with van der Waals surface area (Å²) >= 11 is 0. The Morgan fingerprint density at radius 1 is 0.333 bits per heavy atom. The standard InChI is InChI=1S/C40H74O14/c1-2-3-4-5-6-7-8-39-9-11-40(12-10-39)54-38-37-53-36-35-52-34-33-51-32-31-50-30-29-49-28-27-48-26-25-47-24-23-46-22-21-45-20-19-44-18-17-43-16-15-42-14-13-41/h9-12,41H,2-8,13-38H2,1H3. The number of benzene rings is 1. The topological polar surface area (TPSA) is 140 Å². The molecule has 0 atom stereocenters. The summed E-state index contributed by atoms with van der Waals surface area (Å²) < 4.78 is 71.2. The minimum Gasteiger partial charge on any atom is -0.491 e. The Kier molecular flexibility index (Phi) is 41.4. The van der Waals surface area contributed by atoms with E-state index >= 15 is 0 Å². The van der Waals surface area contributed by atoms with Gasteiger partial charge >= 0.3 is 0 Å². The van der Waals surface area contributed by atoms with E-state index in [4.69, 9.17) is 66.7 Å². The summed E-state index contributed by atoms with van der Waals surface area (Å²) in [6.45, 7) is 14.8. The second kappa shape index (κ2) is 44.2. The molecular formula is C40H74O14. The van der Waals surface area contributed by atoms with Crippen LogP contribution in [0.2, 0.25) is 0 Å². The first kappa shape index (κ1) is 50.5. The second-order valence-electron chi connectivity index (χ2n) is 12.1. The van der Waals surface area contributed by atoms with Crippen LogP contribution in [0.15, 0.2) is 24.3 Å². The molecule has 0 aromatic heterocycles. The van der Waals surface area contributed by atoms with Gasteiger partial charge in [0.15, 0.2) is 0 Å². The number of rotatable bonds is 46. The fourth-order valence-corrected chi connectivity index (χ4v) is 4.67. The average Bonchev–Trinajstić information content (AvgIpc) is 3.19. The summed E-state index contributed by atoms with van der Waals surface area (Å²) in [5, 5.41) is 8.59. The van der Waals surface area contributed by atoms with Crippen LogP contribution < -0.4 is 4.74 Å². The lowest BCUT2D eigenvalue weighted by Crippen LogP contribution is -2.15. The number of aliphatic hydroxyl groups excluding tert-OH is 1. The molecule has 1 rings (SSSR count). The predicted molar refractivity (Wildman–Crippen MR) is 206 cm³/mol. The molecule has 0 amide bonds. The maximum atomic E-state index is 8.59. The number of unbranched alkanes of at least 4 members (excludes halogenated alkanes) is 5. The summed E-state index contributed by atoms with van der Waals surface area (Å²) in [7, 11) is 0. The van der Waals surface area contributed by atoms with Crippen molar-refractivity contribution in [2.45, 2.75) is 51.9 Å². The van der Waals surface area contributed by atoms with Gasteiger partial charge in [0.05, 0.1) is 165 Å². The highest BCUT2D eigenvalue weighted by Crippen LogP contribution is 2.15. The van der Waals surface area contributed by atoms with Crippen molar-refractivity contribution in [1.82, 2.24) is 0 Å². The lowest BCUT2D eigenvalue weighted by Gasteiger charge is -2.09. The number of aryl methyl sites for hydroxylation is 1. The zero-order valence-electron chi connectivity index (χ0n) is 33.4. The van der Waals surface area contributed by atoms with Crippen molar-refractivity contribution in [3.63, 3.8) is 0 Å². The fourth-order valence-electron chi connectivity index (χ4n) is 4.67. The summed E-state index contributed by atoms with van der Waals surface area (Å²) in [5.41, 5.74) is 1.38. The summed E-state index contributed by atoms with van der Waals surface area (Å²) in [6.07, 6.45) is 9.07. The minimum atomic E-state index is 0.0244. The van der Waals surface area contributed by atoms with Gasteiger partial charge < -0.3 is 66.7 Å². The van der Waals surface area contributed by atoms with E-state index in [1.165, 1.54) is 44.1 Å². The highest BCUT2D eigenvalue weighted by atomic mass is 16.6. The van der Waals surface area contributed by atoms with Crippen molar-refractivity contribution in [2.24, 2.45) is 0 Å². The normalized spacial score (nSPS) is 11.5. The molecule has 0 unspecified atom stereocenters. The fraction of sp³-hybridized carbons (Fsp3) is 0.850. The average molecular weight is 779 g/mol. The molecule has 0 heterocycles. The Morgan fingerprint density at radius 2 is 0.611 bits per heavy atom. The van der Waals surface area contributed by atoms with Crippen LogP contribution in [0.1, 0.15) is 51.0 Å². The molecule has 1 N–H and O–H groups in total. The quantitative estimate of drug-likeness (QED) is 0.0948. The lowest BCUT2D eigenvalue weighted by molar-refractivity contribution is -0.0287. The van der Waals surface area contributed by atoms with E-state index < -0.39 is 0 Å². The maximum Gasteiger partial charge on any atom is 0.119 e. The van der Waals surface area contributed by atoms with Crippen molar-refractivity contribution in [3.05, 3.63) is 29.8 Å². The van der Waals surface area contributed by atoms with Gasteiger partial charge in [-0.15, -0.1) is 0 Å². The molecule has 0 aliphatic heterocycles. The first-order chi connectivity index (χ1) is 26.9. The van der Waals surface area contributed by atoms with Gasteiger partial charge in [-0.1, -0.05) is 51.2 Å². The Bertz CT molecular complexity index is 835. The van der Waals surface area contributed by atoms with Gasteiger partial charge in [0.1, 0.15) is 12.4 Å². The molecular weight excluding hydrogens is 704 g/mol. The molecule has 14 heteroatoms. The molecule has 0 saturated carbocycles. The smallest absolute Gasteiger partial charge is 0.119 e. The van der Waals surface area contributed by atoms with E-state index in [2.05, 4.69) is 19.1 Å². The van der Waals surface area contributed by atoms with E-state index in [0.29, 0.717) is 165 Å². The molecule has 0 aliphatic carbocycles. The van der Waals surface area contributed by atoms with E-state index in [9.17, 15) is 0 Å². The van der Waals surface area contributed by atoms with Gasteiger partial charge in [0, 0.05) is 0 Å². The number of hydrogen-bond acceptors (Lipinski definition) is 14. The molecule has 1 aromatic rings. The molecule has 14 nitrogen and oxygen atoms in total. The zero-order valence-corrected chi connectivity index (χ0v) is 33.4. The SMILES string of the molecule is CCCCCCCCc1ccc(OCCOCCOCCOCCOCCOCCOCCOCCOCCOCCOCCOCCOCCO)cc1. The van der Waals surface area contributed by atoms with Crippen molar-refractivity contribution in [1.29, 1.82) is 0 Å². The van der Waals surface area contributed by atoms with E-state index in [0.717, 1.165) is 12.2 Å². The third kappa shape index (κ3) is 38.8. The van der Waals surface area contributed by atoms with Crippen molar-refractivity contribution in [2.75, 3.05) is 172 Å². The molecule has 0 radical (unpaired) electrons. The van der Waals surface area contributed by atoms with Crippen LogP contribution in [0.3, 0.4) is 0 Å². The monoisotopic (exact) mass is 779 g/mol. The number of aliphatic hydroxyl groups is 1. The van der Waals surface area contributed by atoms with Gasteiger partial charge in [0.25, 0.3) is 0 Å². The third-order valence-corrected chi connectivity index (χ3v) is 7.57. The van der Waals surface area contributed by atoms with Crippen LogP contribution in [0.25, 0.3) is 0 Å². The van der Waals surface area contributed by atoms with Gasteiger partial charge in [0.2, 0.25) is 0 Å². The lowest BCUT2D eigenvalue weighted by atomic mass is 10.0. The maximum absolute atomic E-state index is 8.59. The van der Waals surface area contributed by atoms with Crippen LogP contribution in [-0.2, 0) is 63.3 Å². The third-order valence-electron chi connectivity index (χ3n) is 7.57. The first-order valence-electron chi connectivity index (χ1n) is 20.1. The zero-order chi connectivity index (χ0) is 38.5. The Balaban J connectivity index is 1.66. The van der Waals surface area contributed by atoms with Gasteiger partial charge in [-0.3, -0.25) is 0 Å². The van der Waals surface area contributed by atoms with Gasteiger partial charge in [-0.25, -0.2) is 0 Å². The second-order valence-corrected chi connectivity index (χ2v) is 12.1. The Morgan fingerprint density at radius 3 is 0.926 bits per heavy atom. The highest BCUT2D eigenvalue weighted by Gasteiger charge is 1.99. The molecule has 318 valence electrons. The molecule has 0 fully saturated rings. The van der Waals surface area contributed by atoms with Crippen LogP contribution in [-0.4, -0.2) is 177 Å². The number of hydrogen-bond donors (Lipinski definition) is 1. The van der Waals surface area contributed by atoms with E-state index in [1.807, 2.05) is 12.1 Å². The minimum absolute atomic E-state index is 0.0244. The molecule has 1 aromatic carbocycles. The van der Waals surface area contributed by atoms with Gasteiger partial charge in [-0.2, -0.15) is 0 Å². The Hall–Kier alpha value is -1.50. The van der Waals surface area contributed by atoms with Crippen LogP contribution in [0.5, 0.6) is 5.75 Å². The Labute approximate surface area is 325 Å². The molecule has 0 spiro atoms. The van der Waals surface area contributed by atoms with Crippen molar-refractivity contribution >= 4 is 0 Å². The van der Waals surface area contributed by atoms with Crippen LogP contribution in [0, 0.1) is 0 Å². The van der Waals surface area contributed by atoms with Crippen LogP contribution in [0.4, 0.5) is 0 Å². The molecule has 0 bridgehead atoms. The van der Waals surface area contributed by atoms with E-state index in [1.54, 1.807) is 0 Å². The number of ether oxygens (including phenoxy) is 13. The van der Waals surface area contributed by atoms with Crippen LogP contribution >= 0.6 is 0 Å². The van der Waals surface area contributed by atoms with E-state index in [-0.39, 0.29) is 6.61 Å². The predicted octanol–water partition coefficient (Wildman–Crippen LogP) is 4.16. The molecule has 54 heavy (non-hydrogen) atoms. The van der Waals surface area contributed by atoms with Crippen molar-refractivity contribution in [3.8, 4) is 5.75 Å². The van der Waals surface area contributed by atoms with Crippen molar-refractivity contribution < 1.29 is 66.7 Å². The first-order valence-corrected chi connectivity index (χ1v) is 20.1. The summed E-state index contributed by atoms with van der Waals surface area (Å²) in [5.74, 6) is 0.883. The molecule has 0 aliphatic rings. The summed E-state index contributed by atoms with van der Waals surface area (Å²) in [4.78, 5) is 0. The largest absolute Gasteiger partial charge is 0.491 e.